The van der Waals surface area contributed by atoms with Gasteiger partial charge in [-0.2, -0.15) is 0 Å². The summed E-state index contributed by atoms with van der Waals surface area (Å²) in [5.41, 5.74) is 5.14. The largest absolute Gasteiger partial charge is 0.458 e. The fourth-order valence-electron chi connectivity index (χ4n) is 3.79. The number of hydrogen-bond acceptors (Lipinski definition) is 4. The van der Waals surface area contributed by atoms with Crippen LogP contribution in [0.4, 0.5) is 0 Å². The van der Waals surface area contributed by atoms with Gasteiger partial charge in [-0.1, -0.05) is 109 Å². The lowest BCUT2D eigenvalue weighted by atomic mass is 9.68. The van der Waals surface area contributed by atoms with E-state index in [9.17, 15) is 5.21 Å². The molecule has 4 nitrogen and oxygen atoms in total. The number of aliphatic imine (C=N–C) groups is 1. The summed E-state index contributed by atoms with van der Waals surface area (Å²) in [5.74, 6) is 0. The maximum Gasteiger partial charge on any atom is 0.309 e. The fourth-order valence-corrected chi connectivity index (χ4v) is 3.93. The second-order valence-electron chi connectivity index (χ2n) is 8.69. The van der Waals surface area contributed by atoms with Gasteiger partial charge in [-0.25, -0.2) is 10.5 Å². The first-order valence-corrected chi connectivity index (χ1v) is 11.3. The third kappa shape index (κ3) is 6.15. The average Bonchev–Trinajstić information content (AvgIpc) is 2.84. The van der Waals surface area contributed by atoms with E-state index in [2.05, 4.69) is 47.5 Å². The molecule has 0 aliphatic rings. The van der Waals surface area contributed by atoms with Crippen molar-refractivity contribution in [3.8, 4) is 0 Å². The quantitative estimate of drug-likeness (QED) is 0.112. The highest BCUT2D eigenvalue weighted by Gasteiger charge is 2.34. The first-order valence-electron chi connectivity index (χ1n) is 10.9. The van der Waals surface area contributed by atoms with Crippen LogP contribution < -0.4 is 5.48 Å². The Morgan fingerprint density at radius 1 is 0.848 bits per heavy atom. The summed E-state index contributed by atoms with van der Waals surface area (Å²) in [6.07, 6.45) is 2.16. The predicted octanol–water partition coefficient (Wildman–Crippen LogP) is 6.10. The van der Waals surface area contributed by atoms with Gasteiger partial charge in [0.1, 0.15) is 5.60 Å². The van der Waals surface area contributed by atoms with Gasteiger partial charge < -0.3 is 4.74 Å². The number of amidine groups is 1. The number of allylic oxidation sites excluding steroid dienone is 1. The van der Waals surface area contributed by atoms with E-state index in [1.807, 2.05) is 80.8 Å². The van der Waals surface area contributed by atoms with E-state index in [4.69, 9.17) is 17.0 Å². The van der Waals surface area contributed by atoms with Gasteiger partial charge >= 0.3 is 6.02 Å². The molecule has 170 valence electrons. The summed E-state index contributed by atoms with van der Waals surface area (Å²) in [4.78, 5) is 4.43. The normalized spacial score (nSPS) is 12.8. The molecule has 0 heterocycles. The van der Waals surface area contributed by atoms with Crippen LogP contribution >= 0.6 is 12.2 Å². The number of ether oxygens (including phenoxy) is 1. The molecule has 3 aromatic rings. The Bertz CT molecular complexity index is 992. The Hall–Kier alpha value is -3.28. The Balaban J connectivity index is 2.20. The molecule has 0 atom stereocenters. The Morgan fingerprint density at radius 2 is 1.27 bits per heavy atom. The van der Waals surface area contributed by atoms with Crippen molar-refractivity contribution in [2.24, 2.45) is 4.99 Å². The molecule has 0 saturated heterocycles. The van der Waals surface area contributed by atoms with Crippen molar-refractivity contribution in [3.63, 3.8) is 0 Å². The zero-order chi connectivity index (χ0) is 23.7. The fraction of sp³-hybridized carbons (Fsp3) is 0.214. The van der Waals surface area contributed by atoms with Crippen LogP contribution in [-0.2, 0) is 10.2 Å². The van der Waals surface area contributed by atoms with Gasteiger partial charge in [0.15, 0.2) is 0 Å². The average molecular weight is 459 g/mol. The molecule has 0 bridgehead atoms. The lowest BCUT2D eigenvalue weighted by molar-refractivity contribution is 0.0797. The lowest BCUT2D eigenvalue weighted by Crippen LogP contribution is -2.32. The van der Waals surface area contributed by atoms with Crippen LogP contribution in [-0.4, -0.2) is 28.7 Å². The van der Waals surface area contributed by atoms with E-state index >= 15 is 0 Å². The first-order chi connectivity index (χ1) is 15.9. The minimum absolute atomic E-state index is 0.0509. The van der Waals surface area contributed by atoms with Gasteiger partial charge in [0.2, 0.25) is 0 Å². The molecule has 0 aliphatic heterocycles. The molecular weight excluding hydrogens is 428 g/mol. The summed E-state index contributed by atoms with van der Waals surface area (Å²) < 4.78 is 5.68. The van der Waals surface area contributed by atoms with Crippen LogP contribution in [0.2, 0.25) is 0 Å². The maximum absolute atomic E-state index is 9.48. The van der Waals surface area contributed by atoms with E-state index in [1.165, 1.54) is 0 Å². The van der Waals surface area contributed by atoms with E-state index in [1.54, 1.807) is 5.37 Å². The zero-order valence-corrected chi connectivity index (χ0v) is 20.0. The third-order valence-corrected chi connectivity index (χ3v) is 5.45. The van der Waals surface area contributed by atoms with Crippen molar-refractivity contribution >= 4 is 23.6 Å². The number of rotatable bonds is 7. The highest BCUT2D eigenvalue weighted by Crippen LogP contribution is 2.41. The second-order valence-corrected chi connectivity index (χ2v) is 8.93. The van der Waals surface area contributed by atoms with Crippen LogP contribution in [0.25, 0.3) is 0 Å². The van der Waals surface area contributed by atoms with Crippen LogP contribution in [0.5, 0.6) is 0 Å². The van der Waals surface area contributed by atoms with Crippen LogP contribution in [0.3, 0.4) is 0 Å². The van der Waals surface area contributed by atoms with Crippen LogP contribution in [0.15, 0.2) is 108 Å². The molecule has 3 aromatic carbocycles. The lowest BCUT2D eigenvalue weighted by Gasteiger charge is -2.34. The summed E-state index contributed by atoms with van der Waals surface area (Å²) >= 11 is 5.40. The van der Waals surface area contributed by atoms with Crippen molar-refractivity contribution in [1.29, 1.82) is 0 Å². The summed E-state index contributed by atoms with van der Waals surface area (Å²) in [7, 11) is 0. The standard InChI is InChI=1S/C28H30N2O2S/c1-27(2,3)32-26(30-31)29-20-22(21-33)19-28(23-13-7-4-8-14-23,24-15-9-5-10-16-24)25-17-11-6-12-18-25/h4-19,21,31H,20H2,1-3H3,(H,29,30)/b22-19+. The molecule has 0 spiro atoms. The van der Waals surface area contributed by atoms with Crippen molar-refractivity contribution in [1.82, 2.24) is 5.48 Å². The Labute approximate surface area is 201 Å². The summed E-state index contributed by atoms with van der Waals surface area (Å²) in [5, 5.41) is 11.1. The van der Waals surface area contributed by atoms with Crippen molar-refractivity contribution < 1.29 is 9.94 Å². The Kier molecular flexibility index (Phi) is 8.15. The molecule has 0 amide bonds. The number of hydroxylamine groups is 1. The van der Waals surface area contributed by atoms with Gasteiger partial charge in [0, 0.05) is 5.37 Å². The van der Waals surface area contributed by atoms with E-state index in [0.717, 1.165) is 22.3 Å². The summed E-state index contributed by atoms with van der Waals surface area (Å²) in [6.45, 7) is 5.92. The molecule has 3 rings (SSSR count). The van der Waals surface area contributed by atoms with Gasteiger partial charge in [0.25, 0.3) is 0 Å². The minimum atomic E-state index is -0.582. The Morgan fingerprint density at radius 3 is 1.61 bits per heavy atom. The van der Waals surface area contributed by atoms with E-state index in [-0.39, 0.29) is 12.6 Å². The number of nitrogens with one attached hydrogen (secondary N) is 1. The summed E-state index contributed by atoms with van der Waals surface area (Å²) in [6, 6.07) is 31.1. The number of nitrogens with zero attached hydrogens (tertiary/aromatic N) is 1. The first kappa shape index (κ1) is 24.4. The monoisotopic (exact) mass is 458 g/mol. The van der Waals surface area contributed by atoms with Crippen LogP contribution in [0, 0.1) is 0 Å². The van der Waals surface area contributed by atoms with Crippen molar-refractivity contribution in [2.75, 3.05) is 6.54 Å². The van der Waals surface area contributed by atoms with Crippen molar-refractivity contribution in [2.45, 2.75) is 31.8 Å². The highest BCUT2D eigenvalue weighted by molar-refractivity contribution is 7.79. The number of thiocarbonyl (C=S) groups is 1. The third-order valence-electron chi connectivity index (χ3n) is 5.14. The smallest absolute Gasteiger partial charge is 0.309 e. The van der Waals surface area contributed by atoms with Crippen LogP contribution in [0.1, 0.15) is 37.5 Å². The second kappa shape index (κ2) is 11.0. The van der Waals surface area contributed by atoms with E-state index in [0.29, 0.717) is 0 Å². The molecular formula is C28H30N2O2S. The molecule has 0 radical (unpaired) electrons. The minimum Gasteiger partial charge on any atom is -0.458 e. The topological polar surface area (TPSA) is 53.8 Å². The van der Waals surface area contributed by atoms with Gasteiger partial charge in [0.05, 0.1) is 12.0 Å². The molecule has 5 heteroatoms. The molecule has 0 saturated carbocycles. The molecule has 0 unspecified atom stereocenters. The molecule has 33 heavy (non-hydrogen) atoms. The van der Waals surface area contributed by atoms with Gasteiger partial charge in [-0.05, 0) is 43.0 Å². The highest BCUT2D eigenvalue weighted by atomic mass is 32.1. The number of hydrogen-bond donors (Lipinski definition) is 2. The van der Waals surface area contributed by atoms with E-state index < -0.39 is 11.0 Å². The SMILES string of the molecule is CC(C)(C)OC(=NC/C(C=S)=C\C(c1ccccc1)(c1ccccc1)c1ccccc1)NO. The molecule has 0 aliphatic carbocycles. The zero-order valence-electron chi connectivity index (χ0n) is 19.2. The molecule has 0 aromatic heterocycles. The maximum atomic E-state index is 9.48. The molecule has 0 fully saturated rings. The predicted molar refractivity (Wildman–Crippen MR) is 139 cm³/mol. The van der Waals surface area contributed by atoms with Gasteiger partial charge in [-0.15, -0.1) is 0 Å². The molecule has 2 N–H and O–H groups in total. The van der Waals surface area contributed by atoms with Crippen molar-refractivity contribution in [3.05, 3.63) is 119 Å². The van der Waals surface area contributed by atoms with Gasteiger partial charge in [-0.3, -0.25) is 5.21 Å². The number of benzene rings is 3.